The van der Waals surface area contributed by atoms with Crippen molar-refractivity contribution in [3.05, 3.63) is 54.4 Å². The van der Waals surface area contributed by atoms with Crippen LogP contribution in [0.15, 0.2) is 48.7 Å². The molecule has 3 rings (SSSR count). The number of imidazole rings is 1. The van der Waals surface area contributed by atoms with Crippen molar-refractivity contribution in [2.75, 3.05) is 5.75 Å². The van der Waals surface area contributed by atoms with Crippen molar-refractivity contribution < 1.29 is 17.0 Å². The van der Waals surface area contributed by atoms with E-state index in [0.29, 0.717) is 0 Å². The van der Waals surface area contributed by atoms with Crippen LogP contribution >= 0.6 is 21.6 Å². The number of benzene rings is 1. The van der Waals surface area contributed by atoms with Gasteiger partial charge in [0.25, 0.3) is 0 Å². The number of aromatic amines is 1. The van der Waals surface area contributed by atoms with Crippen molar-refractivity contribution in [2.45, 2.75) is 19.1 Å². The molecular weight excluding hydrogens is 334 g/mol. The molecule has 0 unspecified atom stereocenters. The van der Waals surface area contributed by atoms with E-state index >= 15 is 0 Å². The Bertz CT molecular complexity index is 697. The zero-order chi connectivity index (χ0) is 14.5. The fraction of sp³-hybridized carbons (Fsp3) is 0.250. The third-order valence-electron chi connectivity index (χ3n) is 3.13. The summed E-state index contributed by atoms with van der Waals surface area (Å²) in [7, 11) is 3.83. The molecule has 0 aliphatic carbocycles. The van der Waals surface area contributed by atoms with E-state index in [1.165, 1.54) is 17.9 Å². The highest BCUT2D eigenvalue weighted by molar-refractivity contribution is 8.76. The number of nitrogens with zero attached hydrogens (tertiary/aromatic N) is 2. The second-order valence-electron chi connectivity index (χ2n) is 4.72. The molecule has 6 heteroatoms. The Morgan fingerprint density at radius 3 is 2.73 bits per heavy atom. The summed E-state index contributed by atoms with van der Waals surface area (Å²) in [6, 6.07) is 14.4. The molecule has 3 aromatic rings. The van der Waals surface area contributed by atoms with Gasteiger partial charge in [0.1, 0.15) is 5.52 Å². The summed E-state index contributed by atoms with van der Waals surface area (Å²) >= 11 is 0. The Labute approximate surface area is 144 Å². The van der Waals surface area contributed by atoms with Gasteiger partial charge in [-0.1, -0.05) is 51.7 Å². The average molecular weight is 352 g/mol. The average Bonchev–Trinajstić information content (AvgIpc) is 2.96. The molecule has 0 saturated heterocycles. The number of nitrogens with one attached hydrogen (secondary N) is 1. The molecule has 116 valence electrons. The van der Waals surface area contributed by atoms with Gasteiger partial charge in [-0.2, -0.15) is 0 Å². The number of halogens is 1. The first-order valence-corrected chi connectivity index (χ1v) is 9.56. The van der Waals surface area contributed by atoms with Gasteiger partial charge in [-0.05, 0) is 30.7 Å². The van der Waals surface area contributed by atoms with Crippen LogP contribution in [0.25, 0.3) is 17.0 Å². The van der Waals surface area contributed by atoms with Gasteiger partial charge in [0, 0.05) is 5.75 Å². The molecule has 0 radical (unpaired) electrons. The molecule has 0 amide bonds. The van der Waals surface area contributed by atoms with E-state index in [-0.39, 0.29) is 12.4 Å². The van der Waals surface area contributed by atoms with Crippen LogP contribution in [0.3, 0.4) is 0 Å². The monoisotopic (exact) mass is 351 g/mol. The molecule has 2 heterocycles. The smallest absolute Gasteiger partial charge is 0.402 e. The lowest BCUT2D eigenvalue weighted by atomic mass is 10.3. The largest absolute Gasteiger partial charge is 1.00 e. The zero-order valence-corrected chi connectivity index (χ0v) is 14.7. The van der Waals surface area contributed by atoms with Crippen molar-refractivity contribution in [1.82, 2.24) is 9.97 Å². The lowest BCUT2D eigenvalue weighted by Gasteiger charge is -2.04. The molecule has 3 nitrogen and oxygen atoms in total. The van der Waals surface area contributed by atoms with Crippen LogP contribution in [-0.4, -0.2) is 15.7 Å². The highest BCUT2D eigenvalue weighted by Gasteiger charge is 2.15. The summed E-state index contributed by atoms with van der Waals surface area (Å²) in [6.07, 6.45) is 3.29. The van der Waals surface area contributed by atoms with E-state index < -0.39 is 0 Å². The number of pyridine rings is 1. The Morgan fingerprint density at radius 2 is 1.91 bits per heavy atom. The predicted molar refractivity (Wildman–Crippen MR) is 91.7 cm³/mol. The van der Waals surface area contributed by atoms with Gasteiger partial charge < -0.3 is 12.4 Å². The topological polar surface area (TPSA) is 32.6 Å². The normalized spacial score (nSPS) is 10.6. The van der Waals surface area contributed by atoms with Gasteiger partial charge in [0.15, 0.2) is 5.52 Å². The maximum Gasteiger partial charge on any atom is 0.402 e. The van der Waals surface area contributed by atoms with Crippen molar-refractivity contribution in [1.29, 1.82) is 0 Å². The zero-order valence-electron chi connectivity index (χ0n) is 12.3. The van der Waals surface area contributed by atoms with E-state index in [2.05, 4.69) is 45.9 Å². The Balaban J connectivity index is 0.00000176. The minimum absolute atomic E-state index is 0. The minimum atomic E-state index is 0. The molecule has 0 fully saturated rings. The van der Waals surface area contributed by atoms with Crippen molar-refractivity contribution in [2.24, 2.45) is 0 Å². The third-order valence-corrected chi connectivity index (χ3v) is 5.64. The van der Waals surface area contributed by atoms with Crippen LogP contribution in [0, 0.1) is 0 Å². The Kier molecular flexibility index (Phi) is 6.61. The molecule has 0 bridgehead atoms. The van der Waals surface area contributed by atoms with Gasteiger partial charge in [-0.25, -0.2) is 9.55 Å². The quantitative estimate of drug-likeness (QED) is 0.410. The maximum absolute atomic E-state index is 4.68. The highest BCUT2D eigenvalue weighted by atomic mass is 35.5. The summed E-state index contributed by atoms with van der Waals surface area (Å²) < 4.78 is 2.14. The Morgan fingerprint density at radius 1 is 1.09 bits per heavy atom. The number of hydrogen-bond donors (Lipinski definition) is 1. The van der Waals surface area contributed by atoms with Gasteiger partial charge in [-0.15, -0.1) is 0 Å². The van der Waals surface area contributed by atoms with Crippen LogP contribution in [0.5, 0.6) is 0 Å². The van der Waals surface area contributed by atoms with E-state index in [1.54, 1.807) is 0 Å². The van der Waals surface area contributed by atoms with Crippen molar-refractivity contribution >= 4 is 32.6 Å². The van der Waals surface area contributed by atoms with Gasteiger partial charge in [-0.3, -0.25) is 0 Å². The lowest BCUT2D eigenvalue weighted by molar-refractivity contribution is -0.610. The summed E-state index contributed by atoms with van der Waals surface area (Å²) in [5, 5.41) is 0. The number of H-pyrrole nitrogens is 1. The van der Waals surface area contributed by atoms with E-state index in [0.717, 1.165) is 22.7 Å². The van der Waals surface area contributed by atoms with Gasteiger partial charge in [0.2, 0.25) is 0 Å². The van der Waals surface area contributed by atoms with Crippen LogP contribution in [0.2, 0.25) is 0 Å². The number of rotatable bonds is 6. The summed E-state index contributed by atoms with van der Waals surface area (Å²) in [4.78, 5) is 8.07. The standard InChI is InChI=1S/C16H18N3S2.ClH/c1-2-11-20-21-12-13-7-5-6-10-19(13)16-17-14-8-3-4-9-15(14)18-16;/h3-10H,2,11-12H2,1H3,(H,17,18);1H/q+1;/p-1. The van der Waals surface area contributed by atoms with Crippen LogP contribution in [0.4, 0.5) is 0 Å². The molecule has 0 aliphatic rings. The van der Waals surface area contributed by atoms with E-state index in [4.69, 9.17) is 0 Å². The summed E-state index contributed by atoms with van der Waals surface area (Å²) in [5.74, 6) is 3.05. The number of para-hydroxylation sites is 2. The molecule has 0 saturated carbocycles. The fourth-order valence-corrected chi connectivity index (χ4v) is 4.29. The lowest BCUT2D eigenvalue weighted by Crippen LogP contribution is -3.00. The molecule has 1 aromatic carbocycles. The molecule has 0 aliphatic heterocycles. The molecule has 1 N–H and O–H groups in total. The van der Waals surface area contributed by atoms with Crippen molar-refractivity contribution in [3.63, 3.8) is 0 Å². The molecule has 22 heavy (non-hydrogen) atoms. The SMILES string of the molecule is CCCSSCc1cccc[n+]1-c1nc2ccccc2[nH]1.[Cl-]. The summed E-state index contributed by atoms with van der Waals surface area (Å²) in [6.45, 7) is 2.21. The molecule has 2 aromatic heterocycles. The van der Waals surface area contributed by atoms with Crippen LogP contribution in [0.1, 0.15) is 19.0 Å². The predicted octanol–water partition coefficient (Wildman–Crippen LogP) is 1.13. The maximum atomic E-state index is 4.68. The van der Waals surface area contributed by atoms with Crippen molar-refractivity contribution in [3.8, 4) is 5.95 Å². The fourth-order valence-electron chi connectivity index (χ4n) is 2.10. The van der Waals surface area contributed by atoms with Crippen LogP contribution < -0.4 is 17.0 Å². The number of aromatic nitrogens is 3. The molecule has 0 spiro atoms. The first-order valence-electron chi connectivity index (χ1n) is 7.07. The number of hydrogen-bond acceptors (Lipinski definition) is 3. The second-order valence-corrected chi connectivity index (χ2v) is 7.31. The van der Waals surface area contributed by atoms with Gasteiger partial charge >= 0.3 is 5.95 Å². The van der Waals surface area contributed by atoms with Gasteiger partial charge in [0.05, 0.1) is 17.6 Å². The molecular formula is C16H18ClN3S2. The minimum Gasteiger partial charge on any atom is -1.00 e. The number of fused-ring (bicyclic) bond motifs is 1. The van der Waals surface area contributed by atoms with E-state index in [9.17, 15) is 0 Å². The first-order chi connectivity index (χ1) is 10.4. The van der Waals surface area contributed by atoms with E-state index in [1.807, 2.05) is 45.9 Å². The third kappa shape index (κ3) is 3.97. The first kappa shape index (κ1) is 17.2. The molecule has 0 atom stereocenters. The summed E-state index contributed by atoms with van der Waals surface area (Å²) in [5.41, 5.74) is 3.33. The Hall–Kier alpha value is -1.17. The van der Waals surface area contributed by atoms with Crippen LogP contribution in [-0.2, 0) is 5.75 Å². The second kappa shape index (κ2) is 8.46. The highest BCUT2D eigenvalue weighted by Crippen LogP contribution is 2.25.